The number of nitrogens with zero attached hydrogens (tertiary/aromatic N) is 1. The van der Waals surface area contributed by atoms with E-state index in [2.05, 4.69) is 45.9 Å². The van der Waals surface area contributed by atoms with Crippen LogP contribution in [0.25, 0.3) is 0 Å². The Morgan fingerprint density at radius 3 is 2.04 bits per heavy atom. The van der Waals surface area contributed by atoms with E-state index in [9.17, 15) is 4.79 Å². The number of hydrogen-bond acceptors (Lipinski definition) is 1. The minimum Gasteiger partial charge on any atom is -0.345 e. The van der Waals surface area contributed by atoms with Gasteiger partial charge in [-0.05, 0) is 65.9 Å². The van der Waals surface area contributed by atoms with Gasteiger partial charge in [0.05, 0.1) is 0 Å². The van der Waals surface area contributed by atoms with E-state index >= 15 is 0 Å². The van der Waals surface area contributed by atoms with E-state index in [0.29, 0.717) is 0 Å². The van der Waals surface area contributed by atoms with Crippen LogP contribution in [0.4, 0.5) is 0 Å². The maximum absolute atomic E-state index is 11.6. The molecule has 0 aliphatic heterocycles. The Bertz CT molecular complexity index is 538. The summed E-state index contributed by atoms with van der Waals surface area (Å²) in [6.45, 7) is 10.6. The number of allylic oxidation sites excluding steroid dienone is 9. The van der Waals surface area contributed by atoms with Crippen LogP contribution in [0, 0.1) is 0 Å². The number of carbonyl (C=O) groups excluding carboxylic acids is 1. The number of amides is 1. The zero-order chi connectivity index (χ0) is 18.5. The van der Waals surface area contributed by atoms with Crippen LogP contribution in [0.5, 0.6) is 0 Å². The minimum absolute atomic E-state index is 0.0200. The van der Waals surface area contributed by atoms with Crippen LogP contribution in [-0.2, 0) is 4.79 Å². The second-order valence-electron chi connectivity index (χ2n) is 6.90. The van der Waals surface area contributed by atoms with Crippen molar-refractivity contribution in [3.05, 3.63) is 58.7 Å². The average molecular weight is 330 g/mol. The summed E-state index contributed by atoms with van der Waals surface area (Å²) in [5.74, 6) is 0.0200. The molecule has 2 heteroatoms. The Morgan fingerprint density at radius 2 is 1.46 bits per heavy atom. The van der Waals surface area contributed by atoms with Gasteiger partial charge in [-0.25, -0.2) is 0 Å². The number of likely N-dealkylation sites (N-methyl/N-ethyl adjacent to an activating group) is 1. The lowest BCUT2D eigenvalue weighted by molar-refractivity contribution is -0.123. The smallest absolute Gasteiger partial charge is 0.246 e. The van der Waals surface area contributed by atoms with Gasteiger partial charge >= 0.3 is 0 Å². The van der Waals surface area contributed by atoms with E-state index < -0.39 is 0 Å². The fourth-order valence-electron chi connectivity index (χ4n) is 2.06. The minimum atomic E-state index is 0.0200. The third kappa shape index (κ3) is 12.7. The summed E-state index contributed by atoms with van der Waals surface area (Å²) in [6.07, 6.45) is 16.9. The van der Waals surface area contributed by atoms with Gasteiger partial charge in [0.1, 0.15) is 0 Å². The molecular formula is C22H35NO. The maximum Gasteiger partial charge on any atom is 0.246 e. The van der Waals surface area contributed by atoms with Crippen LogP contribution in [0.3, 0.4) is 0 Å². The summed E-state index contributed by atoms with van der Waals surface area (Å²) >= 11 is 0. The number of hydrogen-bond donors (Lipinski definition) is 0. The van der Waals surface area contributed by atoms with E-state index in [0.717, 1.165) is 31.3 Å². The molecule has 0 spiro atoms. The summed E-state index contributed by atoms with van der Waals surface area (Å²) in [4.78, 5) is 13.1. The predicted octanol–water partition coefficient (Wildman–Crippen LogP) is 6.00. The third-order valence-electron chi connectivity index (χ3n) is 3.65. The third-order valence-corrected chi connectivity index (χ3v) is 3.65. The zero-order valence-corrected chi connectivity index (χ0v) is 16.6. The van der Waals surface area contributed by atoms with Crippen LogP contribution in [-0.4, -0.2) is 24.9 Å². The topological polar surface area (TPSA) is 20.3 Å². The first kappa shape index (κ1) is 22.2. The van der Waals surface area contributed by atoms with Gasteiger partial charge in [0, 0.05) is 20.2 Å². The Hall–Kier alpha value is -1.83. The molecular weight excluding hydrogens is 294 g/mol. The van der Waals surface area contributed by atoms with E-state index in [-0.39, 0.29) is 5.91 Å². The molecule has 0 saturated heterocycles. The molecule has 0 heterocycles. The van der Waals surface area contributed by atoms with Crippen molar-refractivity contribution in [1.29, 1.82) is 0 Å². The van der Waals surface area contributed by atoms with Crippen LogP contribution in [0.1, 0.15) is 60.3 Å². The molecule has 0 radical (unpaired) electrons. The summed E-state index contributed by atoms with van der Waals surface area (Å²) in [5, 5.41) is 0. The van der Waals surface area contributed by atoms with Crippen molar-refractivity contribution in [3.8, 4) is 0 Å². The number of rotatable bonds is 9. The summed E-state index contributed by atoms with van der Waals surface area (Å²) in [7, 11) is 3.52. The van der Waals surface area contributed by atoms with Crippen LogP contribution in [0.2, 0.25) is 0 Å². The van der Waals surface area contributed by atoms with Crippen molar-refractivity contribution in [2.75, 3.05) is 14.1 Å². The maximum atomic E-state index is 11.6. The van der Waals surface area contributed by atoms with Crippen molar-refractivity contribution in [1.82, 2.24) is 4.90 Å². The highest BCUT2D eigenvalue weighted by molar-refractivity contribution is 5.88. The fourth-order valence-corrected chi connectivity index (χ4v) is 2.06. The molecule has 134 valence electrons. The predicted molar refractivity (Wildman–Crippen MR) is 107 cm³/mol. The molecule has 2 nitrogen and oxygen atoms in total. The normalized spacial score (nSPS) is 13.4. The van der Waals surface area contributed by atoms with E-state index in [4.69, 9.17) is 0 Å². The van der Waals surface area contributed by atoms with Gasteiger partial charge in [-0.15, -0.1) is 0 Å². The molecule has 0 aliphatic rings. The van der Waals surface area contributed by atoms with Gasteiger partial charge in [0.25, 0.3) is 0 Å². The molecule has 0 bridgehead atoms. The molecule has 0 N–H and O–H groups in total. The van der Waals surface area contributed by atoms with Crippen molar-refractivity contribution >= 4 is 5.91 Å². The lowest BCUT2D eigenvalue weighted by Gasteiger charge is -2.05. The molecule has 0 rings (SSSR count). The van der Waals surface area contributed by atoms with E-state index in [1.165, 1.54) is 16.7 Å². The van der Waals surface area contributed by atoms with E-state index in [1.807, 2.05) is 19.1 Å². The van der Waals surface area contributed by atoms with Crippen molar-refractivity contribution in [2.24, 2.45) is 0 Å². The fraction of sp³-hybridized carbons (Fsp3) is 0.500. The Balaban J connectivity index is 4.30. The van der Waals surface area contributed by atoms with Crippen LogP contribution < -0.4 is 0 Å². The SMILES string of the molecule is CC(C)=CCCC(C)=CCCC(C)=CC=CC(C)=CC(=O)N(C)C. The van der Waals surface area contributed by atoms with Gasteiger partial charge < -0.3 is 4.90 Å². The molecule has 0 aromatic carbocycles. The molecule has 0 aliphatic carbocycles. The van der Waals surface area contributed by atoms with Gasteiger partial charge in [-0.2, -0.15) is 0 Å². The second-order valence-corrected chi connectivity index (χ2v) is 6.90. The molecule has 0 atom stereocenters. The first-order valence-electron chi connectivity index (χ1n) is 8.74. The monoisotopic (exact) mass is 329 g/mol. The van der Waals surface area contributed by atoms with E-state index in [1.54, 1.807) is 25.1 Å². The quantitative estimate of drug-likeness (QED) is 0.289. The Labute approximate surface area is 149 Å². The van der Waals surface area contributed by atoms with Crippen LogP contribution >= 0.6 is 0 Å². The molecule has 0 fully saturated rings. The first-order valence-corrected chi connectivity index (χ1v) is 8.74. The highest BCUT2D eigenvalue weighted by Gasteiger charge is 1.97. The molecule has 24 heavy (non-hydrogen) atoms. The zero-order valence-electron chi connectivity index (χ0n) is 16.6. The van der Waals surface area contributed by atoms with Gasteiger partial charge in [0.2, 0.25) is 5.91 Å². The summed E-state index contributed by atoms with van der Waals surface area (Å²) in [5.41, 5.74) is 5.18. The van der Waals surface area contributed by atoms with Crippen LogP contribution in [0.15, 0.2) is 58.7 Å². The molecule has 0 unspecified atom stereocenters. The Kier molecular flexibility index (Phi) is 11.6. The van der Waals surface area contributed by atoms with Gasteiger partial charge in [-0.3, -0.25) is 4.79 Å². The highest BCUT2D eigenvalue weighted by Crippen LogP contribution is 2.11. The molecule has 0 aromatic rings. The first-order chi connectivity index (χ1) is 11.2. The van der Waals surface area contributed by atoms with Crippen molar-refractivity contribution in [3.63, 3.8) is 0 Å². The highest BCUT2D eigenvalue weighted by atomic mass is 16.2. The van der Waals surface area contributed by atoms with Crippen molar-refractivity contribution in [2.45, 2.75) is 60.3 Å². The van der Waals surface area contributed by atoms with Crippen molar-refractivity contribution < 1.29 is 4.79 Å². The molecule has 0 aromatic heterocycles. The number of carbonyl (C=O) groups is 1. The lowest BCUT2D eigenvalue weighted by atomic mass is 10.1. The standard InChI is InChI=1S/C22H35NO/c1-18(2)11-8-12-19(3)13-9-14-20(4)15-10-16-21(5)17-22(24)23(6)7/h10-11,13,15-17H,8-9,12,14H2,1-7H3. The summed E-state index contributed by atoms with van der Waals surface area (Å²) < 4.78 is 0. The van der Waals surface area contributed by atoms with Gasteiger partial charge in [-0.1, -0.05) is 47.1 Å². The largest absolute Gasteiger partial charge is 0.345 e. The summed E-state index contributed by atoms with van der Waals surface area (Å²) in [6, 6.07) is 0. The molecule has 0 saturated carbocycles. The average Bonchev–Trinajstić information content (AvgIpc) is 2.46. The molecule has 1 amide bonds. The van der Waals surface area contributed by atoms with Gasteiger partial charge in [0.15, 0.2) is 0 Å². The Morgan fingerprint density at radius 1 is 0.875 bits per heavy atom. The second kappa shape index (κ2) is 12.6. The lowest BCUT2D eigenvalue weighted by Crippen LogP contribution is -2.19.